The van der Waals surface area contributed by atoms with Crippen LogP contribution in [0, 0.1) is 0 Å². The van der Waals surface area contributed by atoms with E-state index in [0.717, 1.165) is 0 Å². The fraction of sp³-hybridized carbons (Fsp3) is 1.00. The average molecular weight is 258 g/mol. The Morgan fingerprint density at radius 3 is 1.40 bits per heavy atom. The molecule has 0 bridgehead atoms. The molecule has 0 spiro atoms. The molecule has 0 aliphatic rings. The van der Waals surface area contributed by atoms with Crippen LogP contribution in [0.25, 0.3) is 0 Å². The van der Waals surface area contributed by atoms with E-state index in [1.165, 1.54) is 6.38 Å². The summed E-state index contributed by atoms with van der Waals surface area (Å²) >= 11 is 4.64. The molecule has 0 aromatic carbocycles. The molecule has 2 atom stereocenters. The van der Waals surface area contributed by atoms with Crippen LogP contribution >= 0.6 is 28.1 Å². The Balaban J connectivity index is -0.000000149. The number of halogens is 1. The molecule has 10 heavy (non-hydrogen) atoms. The summed E-state index contributed by atoms with van der Waals surface area (Å²) in [6, 6.07) is 0. The molecule has 0 rings (SSSR count). The molecular formula is CH3ClO5P2Zn+2. The van der Waals surface area contributed by atoms with Gasteiger partial charge in [-0.15, -0.1) is 11.6 Å². The third-order valence-electron chi connectivity index (χ3n) is 0.133. The van der Waals surface area contributed by atoms with E-state index >= 15 is 0 Å². The first-order valence-electron chi connectivity index (χ1n) is 1.47. The first-order valence-corrected chi connectivity index (χ1v) is 4.42. The summed E-state index contributed by atoms with van der Waals surface area (Å²) in [5.41, 5.74) is 0. The molecule has 5 nitrogen and oxygen atoms in total. The maximum Gasteiger partial charge on any atom is 2.00 e. The van der Waals surface area contributed by atoms with Gasteiger partial charge in [-0.1, -0.05) is 0 Å². The van der Waals surface area contributed by atoms with Crippen LogP contribution in [0.1, 0.15) is 0 Å². The molecule has 0 fully saturated rings. The molecular weight excluding hydrogens is 255 g/mol. The fourth-order valence-electron chi connectivity index (χ4n) is 0.0544. The van der Waals surface area contributed by atoms with E-state index in [9.17, 15) is 18.9 Å². The first kappa shape index (κ1) is 17.2. The summed E-state index contributed by atoms with van der Waals surface area (Å²) in [6.45, 7) is 0. The molecule has 2 unspecified atom stereocenters. The fourth-order valence-corrected chi connectivity index (χ4v) is 0.490. The van der Waals surface area contributed by atoms with Crippen LogP contribution in [0.5, 0.6) is 0 Å². The minimum absolute atomic E-state index is 0. The standard InChI is InChI=1S/CH3Cl.O5P2.Zn/c1-2;1-6(2)5-7(3)4;/h1H3;;/q;;+2. The number of hydrogen-bond acceptors (Lipinski definition) is 5. The van der Waals surface area contributed by atoms with Crippen molar-refractivity contribution < 1.29 is 42.7 Å². The minimum atomic E-state index is -3.24. The molecule has 0 radical (unpaired) electrons. The maximum absolute atomic E-state index is 9.24. The normalized spacial score (nSPS) is 10.0. The molecule has 0 saturated carbocycles. The van der Waals surface area contributed by atoms with E-state index in [1.807, 2.05) is 0 Å². The zero-order valence-corrected chi connectivity index (χ0v) is 10.5. The molecule has 0 N–H and O–H groups in total. The smallest absolute Gasteiger partial charge is 0.563 e. The van der Waals surface area contributed by atoms with Crippen molar-refractivity contribution in [3.05, 3.63) is 0 Å². The molecule has 0 aromatic heterocycles. The van der Waals surface area contributed by atoms with Gasteiger partial charge < -0.3 is 9.79 Å². The Hall–Kier alpha value is 0.993. The summed E-state index contributed by atoms with van der Waals surface area (Å²) in [5.74, 6) is 0. The van der Waals surface area contributed by atoms with Crippen LogP contribution in [0.3, 0.4) is 0 Å². The molecule has 0 saturated heterocycles. The topological polar surface area (TPSA) is 89.5 Å². The zero-order chi connectivity index (χ0) is 7.86. The Morgan fingerprint density at radius 1 is 1.20 bits per heavy atom. The van der Waals surface area contributed by atoms with Crippen molar-refractivity contribution in [1.29, 1.82) is 0 Å². The van der Waals surface area contributed by atoms with Gasteiger partial charge in [0.05, 0.1) is 0 Å². The van der Waals surface area contributed by atoms with Gasteiger partial charge in [0.2, 0.25) is 0 Å². The van der Waals surface area contributed by atoms with Gasteiger partial charge in [-0.25, -0.2) is 0 Å². The van der Waals surface area contributed by atoms with Gasteiger partial charge in [-0.3, -0.25) is 0 Å². The van der Waals surface area contributed by atoms with Crippen molar-refractivity contribution in [2.24, 2.45) is 0 Å². The van der Waals surface area contributed by atoms with Crippen LogP contribution in [-0.2, 0) is 32.9 Å². The molecule has 0 heterocycles. The van der Waals surface area contributed by atoms with Gasteiger partial charge >= 0.3 is 36.0 Å². The van der Waals surface area contributed by atoms with E-state index in [2.05, 4.69) is 15.9 Å². The van der Waals surface area contributed by atoms with E-state index in [1.54, 1.807) is 0 Å². The summed E-state index contributed by atoms with van der Waals surface area (Å²) in [6.07, 6.45) is 1.47. The van der Waals surface area contributed by atoms with Gasteiger partial charge in [-0.2, -0.15) is 0 Å². The summed E-state index contributed by atoms with van der Waals surface area (Å²) < 4.78 is 21.6. The maximum atomic E-state index is 9.24. The average Bonchev–Trinajstić information content (AvgIpc) is 1.68. The molecule has 0 aliphatic carbocycles. The summed E-state index contributed by atoms with van der Waals surface area (Å²) in [4.78, 5) is 18.5. The van der Waals surface area contributed by atoms with Crippen molar-refractivity contribution in [2.75, 3.05) is 6.38 Å². The number of hydrogen-bond donors (Lipinski definition) is 0. The predicted octanol–water partition coefficient (Wildman–Crippen LogP) is -0.109. The number of alkyl halides is 1. The van der Waals surface area contributed by atoms with Crippen molar-refractivity contribution in [2.45, 2.75) is 0 Å². The zero-order valence-electron chi connectivity index (χ0n) is 5.02. The largest absolute Gasteiger partial charge is 2.00 e. The van der Waals surface area contributed by atoms with E-state index in [0.29, 0.717) is 0 Å². The van der Waals surface area contributed by atoms with E-state index in [-0.39, 0.29) is 19.5 Å². The second-order valence-corrected chi connectivity index (χ2v) is 2.08. The van der Waals surface area contributed by atoms with Crippen molar-refractivity contribution in [3.63, 3.8) is 0 Å². The summed E-state index contributed by atoms with van der Waals surface area (Å²) in [7, 11) is -6.47. The number of rotatable bonds is 2. The van der Waals surface area contributed by atoms with Crippen LogP contribution in [0.2, 0.25) is 0 Å². The van der Waals surface area contributed by atoms with E-state index < -0.39 is 16.5 Å². The third-order valence-corrected chi connectivity index (χ3v) is 1.20. The second-order valence-electron chi connectivity index (χ2n) is 0.529. The second kappa shape index (κ2) is 12.7. The molecule has 54 valence electrons. The molecule has 0 amide bonds. The van der Waals surface area contributed by atoms with Gasteiger partial charge in [0.25, 0.3) is 0 Å². The monoisotopic (exact) mass is 256 g/mol. The van der Waals surface area contributed by atoms with Gasteiger partial charge in [0.15, 0.2) is 0 Å². The molecule has 9 heteroatoms. The Labute approximate surface area is 77.4 Å². The quantitative estimate of drug-likeness (QED) is 0.391. The van der Waals surface area contributed by atoms with Gasteiger partial charge in [0, 0.05) is 6.38 Å². The van der Waals surface area contributed by atoms with E-state index in [4.69, 9.17) is 0 Å². The van der Waals surface area contributed by atoms with Crippen LogP contribution in [0.15, 0.2) is 0 Å². The van der Waals surface area contributed by atoms with Gasteiger partial charge in [-0.05, 0) is 9.13 Å². The Bertz CT molecular complexity index is 95.8. The summed E-state index contributed by atoms with van der Waals surface area (Å²) in [5, 5.41) is 0. The van der Waals surface area contributed by atoms with Crippen LogP contribution in [0.4, 0.5) is 0 Å². The molecule has 0 aliphatic heterocycles. The molecule has 0 aromatic rings. The van der Waals surface area contributed by atoms with Gasteiger partial charge in [0.1, 0.15) is 4.31 Å². The van der Waals surface area contributed by atoms with Crippen molar-refractivity contribution in [3.8, 4) is 0 Å². The third kappa shape index (κ3) is 23.0. The minimum Gasteiger partial charge on any atom is -0.563 e. The predicted molar refractivity (Wildman–Crippen MR) is 28.1 cm³/mol. The Kier molecular flexibility index (Phi) is 21.7. The first-order chi connectivity index (χ1) is 4.13. The van der Waals surface area contributed by atoms with Crippen LogP contribution in [-0.4, -0.2) is 6.38 Å². The Morgan fingerprint density at radius 2 is 1.40 bits per heavy atom. The van der Waals surface area contributed by atoms with Crippen LogP contribution < -0.4 is 9.79 Å². The van der Waals surface area contributed by atoms with Crippen molar-refractivity contribution in [1.82, 2.24) is 0 Å². The van der Waals surface area contributed by atoms with Crippen molar-refractivity contribution >= 4 is 28.1 Å². The SMILES string of the molecule is CCl.O=[P+]([O-])O[P+](=O)[O-].[Zn+2].